The molecular weight excluding hydrogens is 418 g/mol. The molecule has 33 heavy (non-hydrogen) atoms. The van der Waals surface area contributed by atoms with E-state index in [1.807, 2.05) is 38.1 Å². The van der Waals surface area contributed by atoms with E-state index in [9.17, 15) is 14.7 Å². The number of fused-ring (bicyclic) bond motifs is 3. The molecule has 4 rings (SSSR count). The van der Waals surface area contributed by atoms with E-state index in [-0.39, 0.29) is 29.9 Å². The fraction of sp³-hybridized carbons (Fsp3) is 0.333. The van der Waals surface area contributed by atoms with Gasteiger partial charge in [-0.3, -0.25) is 4.79 Å². The van der Waals surface area contributed by atoms with Gasteiger partial charge in [-0.25, -0.2) is 4.79 Å². The second-order valence-electron chi connectivity index (χ2n) is 9.57. The maximum atomic E-state index is 12.7. The number of furan rings is 1. The number of hydrogen-bond donors (Lipinski definition) is 2. The summed E-state index contributed by atoms with van der Waals surface area (Å²) in [5.74, 6) is -0.363. The van der Waals surface area contributed by atoms with Crippen molar-refractivity contribution in [2.75, 3.05) is 6.54 Å². The van der Waals surface area contributed by atoms with E-state index in [1.165, 1.54) is 0 Å². The van der Waals surface area contributed by atoms with Crippen LogP contribution in [0.25, 0.3) is 21.9 Å². The first-order chi connectivity index (χ1) is 15.6. The Labute approximate surface area is 192 Å². The Balaban J connectivity index is 1.68. The van der Waals surface area contributed by atoms with E-state index in [1.54, 1.807) is 18.4 Å². The molecule has 1 amide bonds. The number of carbonyl (C=O) groups is 1. The molecule has 2 aromatic heterocycles. The van der Waals surface area contributed by atoms with Crippen LogP contribution in [0.4, 0.5) is 0 Å². The molecule has 0 aliphatic carbocycles. The van der Waals surface area contributed by atoms with E-state index in [0.717, 1.165) is 16.5 Å². The van der Waals surface area contributed by atoms with Crippen LogP contribution in [-0.4, -0.2) is 17.6 Å². The summed E-state index contributed by atoms with van der Waals surface area (Å²) < 4.78 is 11.6. The van der Waals surface area contributed by atoms with E-state index < -0.39 is 11.7 Å². The zero-order valence-corrected chi connectivity index (χ0v) is 19.6. The summed E-state index contributed by atoms with van der Waals surface area (Å²) in [6.45, 7) is 10.2. The van der Waals surface area contributed by atoms with Crippen LogP contribution in [0.3, 0.4) is 0 Å². The molecule has 0 radical (unpaired) electrons. The highest BCUT2D eigenvalue weighted by Gasteiger charge is 2.25. The molecule has 0 unspecified atom stereocenters. The molecular formula is C27H29NO5. The van der Waals surface area contributed by atoms with Crippen molar-refractivity contribution in [3.63, 3.8) is 0 Å². The number of aliphatic hydroxyl groups is 1. The van der Waals surface area contributed by atoms with Crippen molar-refractivity contribution in [1.29, 1.82) is 0 Å². The van der Waals surface area contributed by atoms with Crippen molar-refractivity contribution in [2.45, 2.75) is 52.6 Å². The van der Waals surface area contributed by atoms with E-state index in [0.29, 0.717) is 27.7 Å². The second-order valence-corrected chi connectivity index (χ2v) is 9.57. The molecule has 2 aromatic carbocycles. The van der Waals surface area contributed by atoms with Gasteiger partial charge >= 0.3 is 5.63 Å². The minimum Gasteiger partial charge on any atom is -0.463 e. The molecule has 1 atom stereocenters. The van der Waals surface area contributed by atoms with Crippen LogP contribution in [-0.2, 0) is 16.6 Å². The topological polar surface area (TPSA) is 92.7 Å². The van der Waals surface area contributed by atoms with Gasteiger partial charge in [-0.2, -0.15) is 0 Å². The van der Waals surface area contributed by atoms with Gasteiger partial charge in [0, 0.05) is 17.5 Å². The second kappa shape index (κ2) is 8.52. The number of amides is 1. The predicted octanol–water partition coefficient (Wildman–Crippen LogP) is 4.85. The van der Waals surface area contributed by atoms with Gasteiger partial charge in [-0.15, -0.1) is 0 Å². The predicted molar refractivity (Wildman–Crippen MR) is 129 cm³/mol. The van der Waals surface area contributed by atoms with E-state index in [4.69, 9.17) is 8.83 Å². The van der Waals surface area contributed by atoms with Crippen LogP contribution in [0.15, 0.2) is 56.3 Å². The van der Waals surface area contributed by atoms with Gasteiger partial charge in [0.1, 0.15) is 11.2 Å². The SMILES string of the molecule is Cc1cc2oc(=O)c(CC(=O)NC[C@H](O)c3ccccc3)c(C)c2c2occ(C(C)(C)C)c12. The minimum atomic E-state index is -0.828. The van der Waals surface area contributed by atoms with Gasteiger partial charge in [0.05, 0.1) is 29.7 Å². The summed E-state index contributed by atoms with van der Waals surface area (Å²) in [5.41, 5.74) is 4.17. The fourth-order valence-corrected chi connectivity index (χ4v) is 4.27. The smallest absolute Gasteiger partial charge is 0.340 e. The number of carbonyl (C=O) groups excluding carboxylic acids is 1. The molecule has 0 fully saturated rings. The summed E-state index contributed by atoms with van der Waals surface area (Å²) >= 11 is 0. The number of benzene rings is 2. The normalized spacial score (nSPS) is 12.9. The lowest BCUT2D eigenvalue weighted by Crippen LogP contribution is -2.31. The first kappa shape index (κ1) is 22.8. The van der Waals surface area contributed by atoms with Gasteiger partial charge in [0.15, 0.2) is 0 Å². The highest BCUT2D eigenvalue weighted by Crippen LogP contribution is 2.38. The summed E-state index contributed by atoms with van der Waals surface area (Å²) in [4.78, 5) is 25.4. The zero-order chi connectivity index (χ0) is 23.9. The Morgan fingerprint density at radius 1 is 1.12 bits per heavy atom. The van der Waals surface area contributed by atoms with Crippen molar-refractivity contribution >= 4 is 27.8 Å². The average molecular weight is 448 g/mol. The zero-order valence-electron chi connectivity index (χ0n) is 19.6. The first-order valence-electron chi connectivity index (χ1n) is 11.0. The van der Waals surface area contributed by atoms with E-state index in [2.05, 4.69) is 26.1 Å². The van der Waals surface area contributed by atoms with Crippen molar-refractivity contribution in [2.24, 2.45) is 0 Å². The third-order valence-corrected chi connectivity index (χ3v) is 6.11. The number of aliphatic hydroxyl groups excluding tert-OH is 1. The van der Waals surface area contributed by atoms with Crippen LogP contribution in [0.2, 0.25) is 0 Å². The highest BCUT2D eigenvalue weighted by atomic mass is 16.4. The summed E-state index contributed by atoms with van der Waals surface area (Å²) in [6.07, 6.45) is 0.790. The Morgan fingerprint density at radius 2 is 1.82 bits per heavy atom. The summed E-state index contributed by atoms with van der Waals surface area (Å²) in [5, 5.41) is 14.7. The maximum Gasteiger partial charge on any atom is 0.340 e. The van der Waals surface area contributed by atoms with Crippen molar-refractivity contribution in [1.82, 2.24) is 5.32 Å². The minimum absolute atomic E-state index is 0.0530. The summed E-state index contributed by atoms with van der Waals surface area (Å²) in [6, 6.07) is 11.0. The summed E-state index contributed by atoms with van der Waals surface area (Å²) in [7, 11) is 0. The molecule has 0 aliphatic rings. The molecule has 2 N–H and O–H groups in total. The Hall–Kier alpha value is -3.38. The maximum absolute atomic E-state index is 12.7. The molecule has 0 saturated carbocycles. The lowest BCUT2D eigenvalue weighted by Gasteiger charge is -2.17. The van der Waals surface area contributed by atoms with Crippen LogP contribution >= 0.6 is 0 Å². The molecule has 4 aromatic rings. The molecule has 0 saturated heterocycles. The van der Waals surface area contributed by atoms with Gasteiger partial charge in [0.25, 0.3) is 0 Å². The molecule has 0 bridgehead atoms. The van der Waals surface area contributed by atoms with Gasteiger partial charge in [-0.05, 0) is 42.0 Å². The number of nitrogens with one attached hydrogen (secondary N) is 1. The van der Waals surface area contributed by atoms with Crippen molar-refractivity contribution in [3.05, 3.63) is 80.9 Å². The Bertz CT molecular complexity index is 1390. The Morgan fingerprint density at radius 3 is 2.48 bits per heavy atom. The van der Waals surface area contributed by atoms with Crippen LogP contribution < -0.4 is 10.9 Å². The molecule has 0 aliphatic heterocycles. The number of aryl methyl sites for hydroxylation is 2. The highest BCUT2D eigenvalue weighted by molar-refractivity contribution is 6.07. The first-order valence-corrected chi connectivity index (χ1v) is 11.0. The lowest BCUT2D eigenvalue weighted by molar-refractivity contribution is -0.120. The quantitative estimate of drug-likeness (QED) is 0.427. The largest absolute Gasteiger partial charge is 0.463 e. The molecule has 0 spiro atoms. The molecule has 172 valence electrons. The van der Waals surface area contributed by atoms with Gasteiger partial charge in [-0.1, -0.05) is 51.1 Å². The van der Waals surface area contributed by atoms with Crippen LogP contribution in [0, 0.1) is 13.8 Å². The van der Waals surface area contributed by atoms with E-state index >= 15 is 0 Å². The monoisotopic (exact) mass is 447 g/mol. The molecule has 6 nitrogen and oxygen atoms in total. The Kier molecular flexibility index (Phi) is 5.89. The third kappa shape index (κ3) is 4.31. The van der Waals surface area contributed by atoms with Crippen LogP contribution in [0.5, 0.6) is 0 Å². The van der Waals surface area contributed by atoms with Crippen LogP contribution in [0.1, 0.15) is 54.7 Å². The van der Waals surface area contributed by atoms with Crippen molar-refractivity contribution in [3.8, 4) is 0 Å². The van der Waals surface area contributed by atoms with Crippen molar-refractivity contribution < 1.29 is 18.7 Å². The van der Waals surface area contributed by atoms with Gasteiger partial charge in [0.2, 0.25) is 5.91 Å². The molecule has 2 heterocycles. The van der Waals surface area contributed by atoms with Gasteiger partial charge < -0.3 is 19.3 Å². The molecule has 6 heteroatoms. The fourth-order valence-electron chi connectivity index (χ4n) is 4.27. The lowest BCUT2D eigenvalue weighted by atomic mass is 9.85. The number of hydrogen-bond acceptors (Lipinski definition) is 5. The number of rotatable bonds is 5. The average Bonchev–Trinajstić information content (AvgIpc) is 3.21. The third-order valence-electron chi connectivity index (χ3n) is 6.11. The standard InChI is InChI=1S/C27H29NO5/c1-15-11-21-24(25-23(15)19(14-32-25)27(3,4)5)16(2)18(26(31)33-21)12-22(30)28-13-20(29)17-9-7-6-8-10-17/h6-11,14,20,29H,12-13H2,1-5H3,(H,28,30)/t20-/m0/s1.